The summed E-state index contributed by atoms with van der Waals surface area (Å²) in [7, 11) is -3.52. The van der Waals surface area contributed by atoms with Gasteiger partial charge in [-0.2, -0.15) is 4.31 Å². The molecular formula is C19H30N4O3S. The fraction of sp³-hybridized carbons (Fsp3) is 0.579. The molecule has 0 spiro atoms. The average Bonchev–Trinajstić information content (AvgIpc) is 2.98. The van der Waals surface area contributed by atoms with E-state index in [2.05, 4.69) is 21.8 Å². The van der Waals surface area contributed by atoms with Crippen LogP contribution in [0.2, 0.25) is 0 Å². The van der Waals surface area contributed by atoms with Crippen LogP contribution in [0.1, 0.15) is 46.4 Å². The van der Waals surface area contributed by atoms with Gasteiger partial charge in [0.1, 0.15) is 5.82 Å². The van der Waals surface area contributed by atoms with Crippen LogP contribution in [0.25, 0.3) is 11.0 Å². The Balaban J connectivity index is 2.42. The molecule has 0 aliphatic rings. The maximum absolute atomic E-state index is 12.8. The van der Waals surface area contributed by atoms with E-state index in [9.17, 15) is 13.2 Å². The third-order valence-electron chi connectivity index (χ3n) is 4.54. The lowest BCUT2D eigenvalue weighted by Gasteiger charge is -2.18. The third-order valence-corrected chi connectivity index (χ3v) is 6.58. The Morgan fingerprint density at radius 1 is 1.19 bits per heavy atom. The fourth-order valence-corrected chi connectivity index (χ4v) is 4.69. The summed E-state index contributed by atoms with van der Waals surface area (Å²) in [4.78, 5) is 16.7. The second kappa shape index (κ2) is 9.32. The van der Waals surface area contributed by atoms with E-state index in [-0.39, 0.29) is 10.8 Å². The highest BCUT2D eigenvalue weighted by molar-refractivity contribution is 7.89. The molecule has 2 rings (SSSR count). The van der Waals surface area contributed by atoms with Gasteiger partial charge in [-0.3, -0.25) is 4.79 Å². The van der Waals surface area contributed by atoms with E-state index in [0.29, 0.717) is 38.0 Å². The van der Waals surface area contributed by atoms with Gasteiger partial charge in [0.25, 0.3) is 0 Å². The second-order valence-electron chi connectivity index (χ2n) is 6.37. The maximum Gasteiger partial charge on any atom is 0.243 e. The van der Waals surface area contributed by atoms with E-state index in [0.717, 1.165) is 24.3 Å². The van der Waals surface area contributed by atoms with Crippen molar-refractivity contribution in [3.8, 4) is 0 Å². The SMILES string of the molecule is CCCn1c(CCC(=O)NCC)nc2cc(S(=O)(=O)N(CC)CC)ccc21. The first-order chi connectivity index (χ1) is 12.9. The van der Waals surface area contributed by atoms with Crippen molar-refractivity contribution in [1.29, 1.82) is 0 Å². The quantitative estimate of drug-likeness (QED) is 0.671. The van der Waals surface area contributed by atoms with Crippen molar-refractivity contribution >= 4 is 27.0 Å². The normalized spacial score (nSPS) is 12.0. The molecule has 150 valence electrons. The monoisotopic (exact) mass is 394 g/mol. The summed E-state index contributed by atoms with van der Waals surface area (Å²) in [5.41, 5.74) is 1.56. The summed E-state index contributed by atoms with van der Waals surface area (Å²) in [5.74, 6) is 0.813. The van der Waals surface area contributed by atoms with Crippen molar-refractivity contribution in [2.24, 2.45) is 0 Å². The van der Waals surface area contributed by atoms with E-state index in [1.165, 1.54) is 4.31 Å². The van der Waals surface area contributed by atoms with Gasteiger partial charge in [0.05, 0.1) is 15.9 Å². The van der Waals surface area contributed by atoms with Crippen molar-refractivity contribution < 1.29 is 13.2 Å². The van der Waals surface area contributed by atoms with E-state index >= 15 is 0 Å². The summed E-state index contributed by atoms with van der Waals surface area (Å²) < 4.78 is 29.1. The molecule has 7 nitrogen and oxygen atoms in total. The number of nitrogens with one attached hydrogen (secondary N) is 1. The minimum Gasteiger partial charge on any atom is -0.356 e. The smallest absolute Gasteiger partial charge is 0.243 e. The highest BCUT2D eigenvalue weighted by atomic mass is 32.2. The first-order valence-corrected chi connectivity index (χ1v) is 11.1. The zero-order valence-electron chi connectivity index (χ0n) is 16.7. The van der Waals surface area contributed by atoms with Gasteiger partial charge in [-0.15, -0.1) is 0 Å². The molecule has 0 atom stereocenters. The molecule has 0 bridgehead atoms. The summed E-state index contributed by atoms with van der Waals surface area (Å²) in [6, 6.07) is 5.12. The van der Waals surface area contributed by atoms with Crippen molar-refractivity contribution in [2.75, 3.05) is 19.6 Å². The minimum absolute atomic E-state index is 0.00240. The number of nitrogens with zero attached hydrogens (tertiary/aromatic N) is 3. The average molecular weight is 395 g/mol. The van der Waals surface area contributed by atoms with Gasteiger partial charge < -0.3 is 9.88 Å². The molecule has 0 unspecified atom stereocenters. The highest BCUT2D eigenvalue weighted by Crippen LogP contribution is 2.24. The highest BCUT2D eigenvalue weighted by Gasteiger charge is 2.23. The molecule has 1 aromatic carbocycles. The third kappa shape index (κ3) is 4.68. The molecule has 1 heterocycles. The lowest BCUT2D eigenvalue weighted by atomic mass is 10.2. The maximum atomic E-state index is 12.8. The first-order valence-electron chi connectivity index (χ1n) is 9.64. The number of aryl methyl sites for hydroxylation is 2. The van der Waals surface area contributed by atoms with Gasteiger partial charge >= 0.3 is 0 Å². The zero-order valence-corrected chi connectivity index (χ0v) is 17.5. The number of benzene rings is 1. The molecule has 0 saturated heterocycles. The number of hydrogen-bond donors (Lipinski definition) is 1. The number of aromatic nitrogens is 2. The Bertz CT molecular complexity index is 886. The van der Waals surface area contributed by atoms with Crippen LogP contribution in [0.4, 0.5) is 0 Å². The molecule has 0 aliphatic carbocycles. The van der Waals surface area contributed by atoms with E-state index in [1.54, 1.807) is 12.1 Å². The number of carbonyl (C=O) groups excluding carboxylic acids is 1. The van der Waals surface area contributed by atoms with Crippen molar-refractivity contribution in [1.82, 2.24) is 19.2 Å². The van der Waals surface area contributed by atoms with Crippen LogP contribution in [-0.2, 0) is 27.8 Å². The van der Waals surface area contributed by atoms with Crippen LogP contribution in [0, 0.1) is 0 Å². The number of imidazole rings is 1. The number of sulfonamides is 1. The molecule has 1 N–H and O–H groups in total. The molecule has 0 aliphatic heterocycles. The molecule has 2 aromatic rings. The predicted molar refractivity (Wildman–Crippen MR) is 107 cm³/mol. The van der Waals surface area contributed by atoms with Crippen LogP contribution in [0.5, 0.6) is 0 Å². The van der Waals surface area contributed by atoms with Crippen LogP contribution in [-0.4, -0.2) is 47.8 Å². The molecule has 1 aromatic heterocycles. The molecular weight excluding hydrogens is 364 g/mol. The Hall–Kier alpha value is -1.93. The molecule has 0 radical (unpaired) electrons. The van der Waals surface area contributed by atoms with Crippen molar-refractivity contribution in [3.05, 3.63) is 24.0 Å². The molecule has 1 amide bonds. The number of fused-ring (bicyclic) bond motifs is 1. The topological polar surface area (TPSA) is 84.3 Å². The van der Waals surface area contributed by atoms with E-state index in [4.69, 9.17) is 0 Å². The van der Waals surface area contributed by atoms with Crippen molar-refractivity contribution in [2.45, 2.75) is 58.4 Å². The lowest BCUT2D eigenvalue weighted by Crippen LogP contribution is -2.30. The standard InChI is InChI=1S/C19H30N4O3S/c1-5-13-23-17-10-9-15(27(25,26)22(7-3)8-4)14-16(17)21-18(23)11-12-19(24)20-6-2/h9-10,14H,5-8,11-13H2,1-4H3,(H,20,24). The lowest BCUT2D eigenvalue weighted by molar-refractivity contribution is -0.120. The minimum atomic E-state index is -3.52. The van der Waals surface area contributed by atoms with Gasteiger partial charge in [-0.05, 0) is 31.5 Å². The molecule has 0 saturated carbocycles. The predicted octanol–water partition coefficient (Wildman–Crippen LogP) is 2.55. The summed E-state index contributed by atoms with van der Waals surface area (Å²) >= 11 is 0. The molecule has 0 fully saturated rings. The first kappa shape index (κ1) is 21.4. The van der Waals surface area contributed by atoms with Crippen LogP contribution >= 0.6 is 0 Å². The Morgan fingerprint density at radius 2 is 1.89 bits per heavy atom. The second-order valence-corrected chi connectivity index (χ2v) is 8.31. The number of rotatable bonds is 10. The van der Waals surface area contributed by atoms with Crippen LogP contribution in [0.15, 0.2) is 23.1 Å². The molecule has 27 heavy (non-hydrogen) atoms. The summed E-state index contributed by atoms with van der Waals surface area (Å²) in [5, 5.41) is 2.79. The van der Waals surface area contributed by atoms with Gasteiger partial charge in [-0.1, -0.05) is 20.8 Å². The number of amides is 1. The summed E-state index contributed by atoms with van der Waals surface area (Å²) in [6.07, 6.45) is 1.82. The van der Waals surface area contributed by atoms with Gasteiger partial charge in [-0.25, -0.2) is 13.4 Å². The van der Waals surface area contributed by atoms with E-state index in [1.807, 2.05) is 26.8 Å². The Labute approximate surface area is 161 Å². The number of hydrogen-bond acceptors (Lipinski definition) is 4. The van der Waals surface area contributed by atoms with Gasteiger partial charge in [0.15, 0.2) is 0 Å². The Kier molecular flexibility index (Phi) is 7.38. The molecule has 8 heteroatoms. The van der Waals surface area contributed by atoms with Crippen molar-refractivity contribution in [3.63, 3.8) is 0 Å². The number of carbonyl (C=O) groups is 1. The largest absolute Gasteiger partial charge is 0.356 e. The van der Waals surface area contributed by atoms with Gasteiger partial charge in [0, 0.05) is 39.0 Å². The summed E-state index contributed by atoms with van der Waals surface area (Å²) in [6.45, 7) is 9.88. The van der Waals surface area contributed by atoms with Crippen LogP contribution in [0.3, 0.4) is 0 Å². The van der Waals surface area contributed by atoms with Gasteiger partial charge in [0.2, 0.25) is 15.9 Å². The zero-order chi connectivity index (χ0) is 20.0. The fourth-order valence-electron chi connectivity index (χ4n) is 3.21. The Morgan fingerprint density at radius 3 is 2.48 bits per heavy atom. The van der Waals surface area contributed by atoms with E-state index < -0.39 is 10.0 Å². The van der Waals surface area contributed by atoms with Crippen LogP contribution < -0.4 is 5.32 Å².